The number of halogens is 1. The molecule has 5 rings (SSSR count). The zero-order valence-electron chi connectivity index (χ0n) is 14.3. The molecule has 3 aromatic rings. The monoisotopic (exact) mass is 385 g/mol. The number of hydrogen-bond donors (Lipinski definition) is 1. The average molecular weight is 385 g/mol. The number of carbonyl (C=O) groups excluding carboxylic acids is 1. The van der Waals surface area contributed by atoms with Crippen LogP contribution in [0.2, 0.25) is 0 Å². The van der Waals surface area contributed by atoms with Crippen LogP contribution in [-0.2, 0) is 11.3 Å². The predicted octanol–water partition coefficient (Wildman–Crippen LogP) is 2.92. The molecule has 1 amide bonds. The molecule has 0 spiro atoms. The minimum atomic E-state index is -0.312. The minimum Gasteiger partial charge on any atom is -0.454 e. The summed E-state index contributed by atoms with van der Waals surface area (Å²) in [6, 6.07) is 10.6. The van der Waals surface area contributed by atoms with Crippen LogP contribution >= 0.6 is 11.3 Å². The summed E-state index contributed by atoms with van der Waals surface area (Å²) < 4.78 is 25.2. The number of benzene rings is 2. The maximum atomic E-state index is 13.8. The number of aromatic nitrogens is 1. The summed E-state index contributed by atoms with van der Waals surface area (Å²) >= 11 is 1.45. The lowest BCUT2D eigenvalue weighted by Crippen LogP contribution is -2.53. The van der Waals surface area contributed by atoms with Gasteiger partial charge in [0.15, 0.2) is 16.6 Å². The second kappa shape index (κ2) is 6.38. The molecular weight excluding hydrogens is 369 g/mol. The van der Waals surface area contributed by atoms with Gasteiger partial charge < -0.3 is 19.7 Å². The van der Waals surface area contributed by atoms with Gasteiger partial charge in [-0.1, -0.05) is 23.5 Å². The first-order valence-electron chi connectivity index (χ1n) is 8.63. The van der Waals surface area contributed by atoms with Gasteiger partial charge in [-0.3, -0.25) is 4.79 Å². The van der Waals surface area contributed by atoms with Gasteiger partial charge in [0.2, 0.25) is 12.7 Å². The van der Waals surface area contributed by atoms with Gasteiger partial charge in [-0.25, -0.2) is 9.37 Å². The Labute approximate surface area is 158 Å². The second-order valence-corrected chi connectivity index (χ2v) is 7.60. The van der Waals surface area contributed by atoms with Crippen LogP contribution in [-0.4, -0.2) is 30.8 Å². The number of carbonyl (C=O) groups is 1. The van der Waals surface area contributed by atoms with Crippen LogP contribution in [0.3, 0.4) is 0 Å². The Bertz CT molecular complexity index is 1030. The molecule has 0 atom stereocenters. The molecule has 1 aromatic heterocycles. The number of para-hydroxylation sites is 1. The molecule has 0 aliphatic carbocycles. The third-order valence-electron chi connectivity index (χ3n) is 4.79. The molecule has 8 heteroatoms. The summed E-state index contributed by atoms with van der Waals surface area (Å²) in [6.07, 6.45) is 0. The van der Waals surface area contributed by atoms with Crippen LogP contribution < -0.4 is 19.7 Å². The quantitative estimate of drug-likeness (QED) is 0.748. The molecule has 3 heterocycles. The molecule has 0 radical (unpaired) electrons. The minimum absolute atomic E-state index is 0.0104. The Balaban J connectivity index is 1.18. The molecule has 2 aromatic carbocycles. The van der Waals surface area contributed by atoms with Crippen molar-refractivity contribution in [3.8, 4) is 11.5 Å². The van der Waals surface area contributed by atoms with E-state index >= 15 is 0 Å². The SMILES string of the molecule is O=C(NCc1ccc2c(c1)OCO2)C1CN(c2nc3c(F)cccc3s2)C1. The number of ether oxygens (including phenoxy) is 2. The van der Waals surface area contributed by atoms with Crippen molar-refractivity contribution < 1.29 is 18.7 Å². The van der Waals surface area contributed by atoms with Gasteiger partial charge in [-0.2, -0.15) is 0 Å². The number of rotatable bonds is 4. The first kappa shape index (κ1) is 16.3. The molecule has 0 unspecified atom stereocenters. The van der Waals surface area contributed by atoms with E-state index in [0.717, 1.165) is 21.1 Å². The highest BCUT2D eigenvalue weighted by molar-refractivity contribution is 7.22. The van der Waals surface area contributed by atoms with Crippen LogP contribution in [0.25, 0.3) is 10.2 Å². The zero-order chi connectivity index (χ0) is 18.4. The number of hydrogen-bond acceptors (Lipinski definition) is 6. The largest absolute Gasteiger partial charge is 0.454 e. The highest BCUT2D eigenvalue weighted by Crippen LogP contribution is 2.34. The van der Waals surface area contributed by atoms with Crippen molar-refractivity contribution >= 4 is 32.6 Å². The van der Waals surface area contributed by atoms with E-state index in [1.807, 2.05) is 29.2 Å². The lowest BCUT2D eigenvalue weighted by atomic mass is 10.00. The third-order valence-corrected chi connectivity index (χ3v) is 5.87. The van der Waals surface area contributed by atoms with Crippen molar-refractivity contribution in [1.82, 2.24) is 10.3 Å². The molecule has 1 saturated heterocycles. The van der Waals surface area contributed by atoms with E-state index in [9.17, 15) is 9.18 Å². The molecule has 1 N–H and O–H groups in total. The Kier molecular flexibility index (Phi) is 3.86. The number of nitrogens with one attached hydrogen (secondary N) is 1. The van der Waals surface area contributed by atoms with Crippen molar-refractivity contribution in [2.24, 2.45) is 5.92 Å². The standard InChI is InChI=1S/C19H16FN3O3S/c20-13-2-1-3-16-17(13)22-19(27-16)23-8-12(9-23)18(24)21-7-11-4-5-14-15(6-11)26-10-25-14/h1-6,12H,7-10H2,(H,21,24). The van der Waals surface area contributed by atoms with Crippen molar-refractivity contribution in [2.75, 3.05) is 24.8 Å². The fourth-order valence-corrected chi connectivity index (χ4v) is 4.22. The van der Waals surface area contributed by atoms with Gasteiger partial charge >= 0.3 is 0 Å². The van der Waals surface area contributed by atoms with Crippen molar-refractivity contribution in [1.29, 1.82) is 0 Å². The van der Waals surface area contributed by atoms with Gasteiger partial charge in [0.25, 0.3) is 0 Å². The molecule has 27 heavy (non-hydrogen) atoms. The van der Waals surface area contributed by atoms with Crippen molar-refractivity contribution in [3.63, 3.8) is 0 Å². The number of anilines is 1. The van der Waals surface area contributed by atoms with Crippen molar-refractivity contribution in [2.45, 2.75) is 6.54 Å². The Morgan fingerprint density at radius 3 is 2.96 bits per heavy atom. The highest BCUT2D eigenvalue weighted by Gasteiger charge is 2.34. The predicted molar refractivity (Wildman–Crippen MR) is 99.7 cm³/mol. The van der Waals surface area contributed by atoms with Gasteiger partial charge in [0.1, 0.15) is 11.3 Å². The van der Waals surface area contributed by atoms with Gasteiger partial charge in [0.05, 0.1) is 10.6 Å². The normalized spacial score (nSPS) is 15.8. The Hall–Kier alpha value is -2.87. The summed E-state index contributed by atoms with van der Waals surface area (Å²) in [6.45, 7) is 1.86. The molecule has 1 fully saturated rings. The van der Waals surface area contributed by atoms with Crippen LogP contribution in [0.5, 0.6) is 11.5 Å². The molecular formula is C19H16FN3O3S. The van der Waals surface area contributed by atoms with E-state index in [0.29, 0.717) is 30.9 Å². The Morgan fingerprint density at radius 2 is 2.11 bits per heavy atom. The number of nitrogens with zero attached hydrogens (tertiary/aromatic N) is 2. The summed E-state index contributed by atoms with van der Waals surface area (Å²) in [5, 5.41) is 3.72. The Morgan fingerprint density at radius 1 is 1.26 bits per heavy atom. The highest BCUT2D eigenvalue weighted by atomic mass is 32.1. The summed E-state index contributed by atoms with van der Waals surface area (Å²) in [7, 11) is 0. The second-order valence-electron chi connectivity index (χ2n) is 6.59. The first-order chi connectivity index (χ1) is 13.2. The van der Waals surface area contributed by atoms with Crippen LogP contribution in [0.4, 0.5) is 9.52 Å². The third kappa shape index (κ3) is 2.95. The van der Waals surface area contributed by atoms with Crippen molar-refractivity contribution in [3.05, 3.63) is 47.8 Å². The van der Waals surface area contributed by atoms with E-state index in [2.05, 4.69) is 10.3 Å². The first-order valence-corrected chi connectivity index (χ1v) is 9.45. The van der Waals surface area contributed by atoms with Gasteiger partial charge in [-0.05, 0) is 29.8 Å². The fourth-order valence-electron chi connectivity index (χ4n) is 3.22. The fraction of sp³-hybridized carbons (Fsp3) is 0.263. The molecule has 0 saturated carbocycles. The molecule has 2 aliphatic rings. The lowest BCUT2D eigenvalue weighted by molar-refractivity contribution is -0.125. The molecule has 0 bridgehead atoms. The number of fused-ring (bicyclic) bond motifs is 2. The molecule has 138 valence electrons. The summed E-state index contributed by atoms with van der Waals surface area (Å²) in [4.78, 5) is 18.7. The summed E-state index contributed by atoms with van der Waals surface area (Å²) in [5.74, 6) is 1.05. The topological polar surface area (TPSA) is 63.7 Å². The van der Waals surface area contributed by atoms with E-state index in [1.165, 1.54) is 17.4 Å². The van der Waals surface area contributed by atoms with Gasteiger partial charge in [-0.15, -0.1) is 0 Å². The zero-order valence-corrected chi connectivity index (χ0v) is 15.1. The maximum absolute atomic E-state index is 13.8. The number of amides is 1. The van der Waals surface area contributed by atoms with Gasteiger partial charge in [0, 0.05) is 19.6 Å². The lowest BCUT2D eigenvalue weighted by Gasteiger charge is -2.37. The van der Waals surface area contributed by atoms with Crippen LogP contribution in [0.1, 0.15) is 5.56 Å². The van der Waals surface area contributed by atoms with E-state index in [4.69, 9.17) is 9.47 Å². The summed E-state index contributed by atoms with van der Waals surface area (Å²) in [5.41, 5.74) is 1.36. The van der Waals surface area contributed by atoms with Crippen LogP contribution in [0, 0.1) is 11.7 Å². The maximum Gasteiger partial charge on any atom is 0.231 e. The number of thiazole rings is 1. The van der Waals surface area contributed by atoms with E-state index in [-0.39, 0.29) is 24.4 Å². The van der Waals surface area contributed by atoms with E-state index in [1.54, 1.807) is 6.07 Å². The van der Waals surface area contributed by atoms with Crippen LogP contribution in [0.15, 0.2) is 36.4 Å². The molecule has 6 nitrogen and oxygen atoms in total. The average Bonchev–Trinajstić information content (AvgIpc) is 3.25. The van der Waals surface area contributed by atoms with E-state index < -0.39 is 0 Å². The smallest absolute Gasteiger partial charge is 0.231 e. The molecule has 2 aliphatic heterocycles.